The summed E-state index contributed by atoms with van der Waals surface area (Å²) >= 11 is 1.24. The summed E-state index contributed by atoms with van der Waals surface area (Å²) in [5, 5.41) is 18.4. The molecule has 1 saturated carbocycles. The number of carbonyl (C=O) groups is 2. The predicted octanol–water partition coefficient (Wildman–Crippen LogP) is 3.87. The first-order chi connectivity index (χ1) is 14.1. The second-order valence-electron chi connectivity index (χ2n) is 6.79. The average molecular weight is 406 g/mol. The molecule has 8 heteroatoms. The number of hydrogen-bond acceptors (Lipinski definition) is 6. The first kappa shape index (κ1) is 18.9. The van der Waals surface area contributed by atoms with Crippen molar-refractivity contribution in [3.63, 3.8) is 0 Å². The number of ether oxygens (including phenoxy) is 1. The van der Waals surface area contributed by atoms with Crippen LogP contribution in [0.2, 0.25) is 0 Å². The van der Waals surface area contributed by atoms with E-state index >= 15 is 0 Å². The minimum atomic E-state index is -1.03. The Balaban J connectivity index is 1.52. The van der Waals surface area contributed by atoms with Gasteiger partial charge in [-0.2, -0.15) is 10.4 Å². The summed E-state index contributed by atoms with van der Waals surface area (Å²) in [5.41, 5.74) is 2.26. The number of benzene rings is 1. The van der Waals surface area contributed by atoms with Gasteiger partial charge in [0.05, 0.1) is 16.9 Å². The maximum absolute atomic E-state index is 12.8. The zero-order valence-electron chi connectivity index (χ0n) is 15.7. The van der Waals surface area contributed by atoms with Crippen LogP contribution in [-0.4, -0.2) is 27.8 Å². The van der Waals surface area contributed by atoms with Crippen molar-refractivity contribution in [2.75, 3.05) is 5.32 Å². The standard InChI is InChI=1S/C21H18N4O3S/c1-13(19(26)23-20-15(12-22)9-10-29-20)28-21(27)18-11-17(14-7-8-14)24-25(18)16-5-3-2-4-6-16/h2-6,9-11,13-14H,7-8H2,1H3,(H,23,26)/t13-/m0/s1. The Morgan fingerprint density at radius 2 is 2.07 bits per heavy atom. The summed E-state index contributed by atoms with van der Waals surface area (Å²) in [4.78, 5) is 25.2. The van der Waals surface area contributed by atoms with Gasteiger partial charge >= 0.3 is 5.97 Å². The Kier molecular flexibility index (Phi) is 5.14. The molecule has 146 valence electrons. The smallest absolute Gasteiger partial charge is 0.357 e. The fourth-order valence-electron chi connectivity index (χ4n) is 2.87. The van der Waals surface area contributed by atoms with Crippen molar-refractivity contribution < 1.29 is 14.3 Å². The lowest BCUT2D eigenvalue weighted by molar-refractivity contribution is -0.123. The van der Waals surface area contributed by atoms with Crippen LogP contribution in [-0.2, 0) is 9.53 Å². The molecule has 0 unspecified atom stereocenters. The molecule has 1 aliphatic rings. The Bertz CT molecular complexity index is 1090. The number of amides is 1. The second-order valence-corrected chi connectivity index (χ2v) is 7.70. The molecule has 1 atom stereocenters. The van der Waals surface area contributed by atoms with Gasteiger partial charge in [-0.05, 0) is 49.4 Å². The Morgan fingerprint density at radius 3 is 2.76 bits per heavy atom. The molecule has 1 aromatic carbocycles. The van der Waals surface area contributed by atoms with Gasteiger partial charge in [-0.25, -0.2) is 9.48 Å². The normalized spacial score (nSPS) is 14.1. The van der Waals surface area contributed by atoms with Crippen LogP contribution in [0.5, 0.6) is 0 Å². The average Bonchev–Trinajstić information content (AvgIpc) is 3.32. The van der Waals surface area contributed by atoms with Crippen molar-refractivity contribution in [1.29, 1.82) is 5.26 Å². The van der Waals surface area contributed by atoms with Crippen molar-refractivity contribution in [3.05, 3.63) is 64.8 Å². The van der Waals surface area contributed by atoms with Crippen molar-refractivity contribution in [2.24, 2.45) is 0 Å². The minimum Gasteiger partial charge on any atom is -0.448 e. The van der Waals surface area contributed by atoms with Crippen molar-refractivity contribution >= 4 is 28.2 Å². The molecule has 4 rings (SSSR count). The maximum atomic E-state index is 12.8. The van der Waals surface area contributed by atoms with Crippen LogP contribution >= 0.6 is 11.3 Å². The Morgan fingerprint density at radius 1 is 1.31 bits per heavy atom. The summed E-state index contributed by atoms with van der Waals surface area (Å²) in [5.74, 6) is -0.747. The molecule has 7 nitrogen and oxygen atoms in total. The van der Waals surface area contributed by atoms with E-state index in [1.807, 2.05) is 36.4 Å². The maximum Gasteiger partial charge on any atom is 0.357 e. The van der Waals surface area contributed by atoms with Crippen molar-refractivity contribution in [2.45, 2.75) is 31.8 Å². The molecular weight excluding hydrogens is 388 g/mol. The van der Waals surface area contributed by atoms with E-state index in [-0.39, 0.29) is 5.69 Å². The molecule has 1 aliphatic carbocycles. The van der Waals surface area contributed by atoms with E-state index < -0.39 is 18.0 Å². The monoisotopic (exact) mass is 406 g/mol. The van der Waals surface area contributed by atoms with E-state index in [2.05, 4.69) is 10.4 Å². The van der Waals surface area contributed by atoms with Gasteiger partial charge in [0.2, 0.25) is 0 Å². The molecule has 3 aromatic rings. The number of aromatic nitrogens is 2. The van der Waals surface area contributed by atoms with E-state index in [0.29, 0.717) is 16.5 Å². The highest BCUT2D eigenvalue weighted by Crippen LogP contribution is 2.39. The molecule has 29 heavy (non-hydrogen) atoms. The first-order valence-electron chi connectivity index (χ1n) is 9.21. The van der Waals surface area contributed by atoms with Gasteiger partial charge < -0.3 is 10.1 Å². The fourth-order valence-corrected chi connectivity index (χ4v) is 3.61. The Hall–Kier alpha value is -3.44. The van der Waals surface area contributed by atoms with E-state index in [9.17, 15) is 9.59 Å². The second kappa shape index (κ2) is 7.89. The lowest BCUT2D eigenvalue weighted by atomic mass is 10.2. The highest BCUT2D eigenvalue weighted by atomic mass is 32.1. The number of carbonyl (C=O) groups excluding carboxylic acids is 2. The molecule has 0 radical (unpaired) electrons. The summed E-state index contributed by atoms with van der Waals surface area (Å²) in [7, 11) is 0. The number of rotatable bonds is 6. The van der Waals surface area contributed by atoms with Gasteiger partial charge in [0.15, 0.2) is 11.8 Å². The van der Waals surface area contributed by atoms with Crippen molar-refractivity contribution in [3.8, 4) is 11.8 Å². The zero-order valence-corrected chi connectivity index (χ0v) is 16.5. The summed E-state index contributed by atoms with van der Waals surface area (Å²) in [6.07, 6.45) is 1.09. The number of hydrogen-bond donors (Lipinski definition) is 1. The molecule has 1 fully saturated rings. The van der Waals surface area contributed by atoms with Crippen LogP contribution in [0.1, 0.15) is 47.4 Å². The third-order valence-electron chi connectivity index (χ3n) is 4.61. The van der Waals surface area contributed by atoms with Gasteiger partial charge in [-0.15, -0.1) is 11.3 Å². The van der Waals surface area contributed by atoms with E-state index in [0.717, 1.165) is 24.2 Å². The van der Waals surface area contributed by atoms with Crippen LogP contribution in [0, 0.1) is 11.3 Å². The molecule has 0 spiro atoms. The van der Waals surface area contributed by atoms with Crippen LogP contribution < -0.4 is 5.32 Å². The number of para-hydroxylation sites is 1. The van der Waals surface area contributed by atoms with Crippen LogP contribution in [0.3, 0.4) is 0 Å². The van der Waals surface area contributed by atoms with Crippen LogP contribution in [0.4, 0.5) is 5.00 Å². The molecule has 0 bridgehead atoms. The lowest BCUT2D eigenvalue weighted by Gasteiger charge is -2.13. The molecule has 0 aliphatic heterocycles. The van der Waals surface area contributed by atoms with Crippen LogP contribution in [0.25, 0.3) is 5.69 Å². The highest BCUT2D eigenvalue weighted by Gasteiger charge is 2.30. The largest absolute Gasteiger partial charge is 0.448 e. The quantitative estimate of drug-likeness (QED) is 0.627. The number of esters is 1. The topological polar surface area (TPSA) is 97.0 Å². The molecule has 2 heterocycles. The van der Waals surface area contributed by atoms with Crippen LogP contribution in [0.15, 0.2) is 47.8 Å². The number of nitrogens with one attached hydrogen (secondary N) is 1. The van der Waals surface area contributed by atoms with Gasteiger partial charge in [0.25, 0.3) is 5.91 Å². The van der Waals surface area contributed by atoms with Gasteiger partial charge in [0.1, 0.15) is 11.1 Å². The predicted molar refractivity (Wildman–Crippen MR) is 108 cm³/mol. The van der Waals surface area contributed by atoms with Gasteiger partial charge in [-0.3, -0.25) is 4.79 Å². The number of nitrogens with zero attached hydrogens (tertiary/aromatic N) is 3. The van der Waals surface area contributed by atoms with Gasteiger partial charge in [-0.1, -0.05) is 18.2 Å². The molecule has 2 aromatic heterocycles. The minimum absolute atomic E-state index is 0.284. The summed E-state index contributed by atoms with van der Waals surface area (Å²) in [6.45, 7) is 1.50. The number of anilines is 1. The third-order valence-corrected chi connectivity index (χ3v) is 5.44. The number of nitriles is 1. The third kappa shape index (κ3) is 4.05. The fraction of sp³-hybridized carbons (Fsp3) is 0.238. The van der Waals surface area contributed by atoms with E-state index in [4.69, 9.17) is 10.00 Å². The molecule has 1 N–H and O–H groups in total. The van der Waals surface area contributed by atoms with Crippen molar-refractivity contribution in [1.82, 2.24) is 9.78 Å². The lowest BCUT2D eigenvalue weighted by Crippen LogP contribution is -2.30. The summed E-state index contributed by atoms with van der Waals surface area (Å²) < 4.78 is 6.97. The highest BCUT2D eigenvalue weighted by molar-refractivity contribution is 7.14. The zero-order chi connectivity index (χ0) is 20.4. The molecule has 1 amide bonds. The Labute approximate surface area is 171 Å². The first-order valence-corrected chi connectivity index (χ1v) is 10.1. The van der Waals surface area contributed by atoms with E-state index in [1.54, 1.807) is 22.2 Å². The molecular formula is C21H18N4O3S. The van der Waals surface area contributed by atoms with E-state index in [1.165, 1.54) is 18.3 Å². The summed E-state index contributed by atoms with van der Waals surface area (Å²) in [6, 6.07) is 14.7. The number of thiophene rings is 1. The molecule has 0 saturated heterocycles. The SMILES string of the molecule is C[C@H](OC(=O)c1cc(C2CC2)nn1-c1ccccc1)C(=O)Nc1sccc1C#N. The van der Waals surface area contributed by atoms with Gasteiger partial charge in [0, 0.05) is 5.92 Å².